The van der Waals surface area contributed by atoms with E-state index in [0.29, 0.717) is 5.52 Å². The van der Waals surface area contributed by atoms with E-state index >= 15 is 0 Å². The monoisotopic (exact) mass is 198 g/mol. The molecular formula is C9H8F2N2O. The number of benzene rings is 1. The normalized spacial score (nSPS) is 13.4. The number of aliphatic hydroxyl groups excluding tert-OH is 1. The van der Waals surface area contributed by atoms with Crippen molar-refractivity contribution >= 4 is 11.0 Å². The molecule has 1 atom stereocenters. The van der Waals surface area contributed by atoms with Gasteiger partial charge in [-0.15, -0.1) is 0 Å². The van der Waals surface area contributed by atoms with Crippen LogP contribution >= 0.6 is 0 Å². The summed E-state index contributed by atoms with van der Waals surface area (Å²) in [7, 11) is 0. The molecule has 0 fully saturated rings. The van der Waals surface area contributed by atoms with Crippen LogP contribution in [0.3, 0.4) is 0 Å². The molecule has 1 heterocycles. The number of aromatic amines is 1. The second-order valence-electron chi connectivity index (χ2n) is 3.06. The molecule has 0 aliphatic carbocycles. The molecule has 14 heavy (non-hydrogen) atoms. The smallest absolute Gasteiger partial charge is 0.186 e. The van der Waals surface area contributed by atoms with Gasteiger partial charge < -0.3 is 10.1 Å². The molecule has 5 heteroatoms. The van der Waals surface area contributed by atoms with Crippen LogP contribution in [0.15, 0.2) is 12.1 Å². The van der Waals surface area contributed by atoms with Crippen LogP contribution in [0, 0.1) is 11.6 Å². The van der Waals surface area contributed by atoms with Gasteiger partial charge in [-0.05, 0) is 19.1 Å². The lowest BCUT2D eigenvalue weighted by Crippen LogP contribution is -1.92. The second kappa shape index (κ2) is 3.02. The van der Waals surface area contributed by atoms with Crippen LogP contribution in [0.1, 0.15) is 18.9 Å². The molecule has 74 valence electrons. The highest BCUT2D eigenvalue weighted by Crippen LogP contribution is 2.20. The zero-order valence-electron chi connectivity index (χ0n) is 7.38. The second-order valence-corrected chi connectivity index (χ2v) is 3.06. The van der Waals surface area contributed by atoms with E-state index < -0.39 is 17.7 Å². The van der Waals surface area contributed by atoms with Crippen molar-refractivity contribution in [2.45, 2.75) is 13.0 Å². The average molecular weight is 198 g/mol. The van der Waals surface area contributed by atoms with Crippen LogP contribution in [-0.2, 0) is 0 Å². The van der Waals surface area contributed by atoms with Crippen molar-refractivity contribution in [2.75, 3.05) is 0 Å². The van der Waals surface area contributed by atoms with E-state index in [0.717, 1.165) is 6.07 Å². The van der Waals surface area contributed by atoms with Crippen LogP contribution in [0.4, 0.5) is 8.78 Å². The molecule has 0 radical (unpaired) electrons. The Hall–Kier alpha value is -1.49. The number of hydrogen-bond donors (Lipinski definition) is 2. The Morgan fingerprint density at radius 1 is 1.43 bits per heavy atom. The van der Waals surface area contributed by atoms with Gasteiger partial charge in [0, 0.05) is 0 Å². The van der Waals surface area contributed by atoms with Gasteiger partial charge in [-0.2, -0.15) is 0 Å². The summed E-state index contributed by atoms with van der Waals surface area (Å²) < 4.78 is 25.9. The first-order valence-electron chi connectivity index (χ1n) is 4.11. The number of H-pyrrole nitrogens is 1. The summed E-state index contributed by atoms with van der Waals surface area (Å²) in [6.45, 7) is 1.49. The van der Waals surface area contributed by atoms with E-state index in [1.54, 1.807) is 0 Å². The molecule has 0 amide bonds. The lowest BCUT2D eigenvalue weighted by molar-refractivity contribution is 0.190. The average Bonchev–Trinajstić information content (AvgIpc) is 2.56. The van der Waals surface area contributed by atoms with Crippen LogP contribution in [-0.4, -0.2) is 15.1 Å². The molecule has 1 aromatic heterocycles. The standard InChI is InChI=1S/C9H8F2N2O/c1-4(14)9-12-6-3-2-5(10)7(11)8(6)13-9/h2-4,14H,1H3,(H,12,13). The van der Waals surface area contributed by atoms with Gasteiger partial charge in [0.15, 0.2) is 11.6 Å². The van der Waals surface area contributed by atoms with Gasteiger partial charge in [-0.1, -0.05) is 0 Å². The van der Waals surface area contributed by atoms with E-state index in [-0.39, 0.29) is 11.3 Å². The van der Waals surface area contributed by atoms with Crippen molar-refractivity contribution in [2.24, 2.45) is 0 Å². The van der Waals surface area contributed by atoms with Gasteiger partial charge in [0.25, 0.3) is 0 Å². The Balaban J connectivity index is 2.71. The lowest BCUT2D eigenvalue weighted by Gasteiger charge is -1.95. The maximum Gasteiger partial charge on any atom is 0.186 e. The van der Waals surface area contributed by atoms with Crippen molar-refractivity contribution in [1.82, 2.24) is 9.97 Å². The summed E-state index contributed by atoms with van der Waals surface area (Å²) in [6, 6.07) is 2.40. The quantitative estimate of drug-likeness (QED) is 0.735. The van der Waals surface area contributed by atoms with E-state index in [2.05, 4.69) is 9.97 Å². The molecule has 1 aromatic carbocycles. The number of aromatic nitrogens is 2. The topological polar surface area (TPSA) is 48.9 Å². The summed E-state index contributed by atoms with van der Waals surface area (Å²) in [5.41, 5.74) is 0.292. The minimum absolute atomic E-state index is 0.0825. The molecule has 0 bridgehead atoms. The van der Waals surface area contributed by atoms with Gasteiger partial charge in [-0.25, -0.2) is 13.8 Å². The number of nitrogens with zero attached hydrogens (tertiary/aromatic N) is 1. The molecule has 2 rings (SSSR count). The molecule has 0 spiro atoms. The van der Waals surface area contributed by atoms with Crippen LogP contribution in [0.5, 0.6) is 0 Å². The zero-order valence-corrected chi connectivity index (χ0v) is 7.38. The first-order chi connectivity index (χ1) is 6.59. The number of fused-ring (bicyclic) bond motifs is 1. The third kappa shape index (κ3) is 1.26. The largest absolute Gasteiger partial charge is 0.385 e. The van der Waals surface area contributed by atoms with Crippen molar-refractivity contribution in [1.29, 1.82) is 0 Å². The van der Waals surface area contributed by atoms with Crippen LogP contribution in [0.25, 0.3) is 11.0 Å². The summed E-state index contributed by atoms with van der Waals surface area (Å²) in [6.07, 6.45) is -0.829. The fourth-order valence-corrected chi connectivity index (χ4v) is 1.23. The number of nitrogens with one attached hydrogen (secondary N) is 1. The van der Waals surface area contributed by atoms with Gasteiger partial charge in [-0.3, -0.25) is 0 Å². The Bertz CT molecular complexity index is 479. The maximum absolute atomic E-state index is 13.1. The predicted molar refractivity (Wildman–Crippen MR) is 46.6 cm³/mol. The summed E-state index contributed by atoms with van der Waals surface area (Å²) in [4.78, 5) is 6.45. The number of hydrogen-bond acceptors (Lipinski definition) is 2. The summed E-state index contributed by atoms with van der Waals surface area (Å²) in [5, 5.41) is 9.17. The number of rotatable bonds is 1. The van der Waals surface area contributed by atoms with Gasteiger partial charge in [0.05, 0.1) is 5.52 Å². The van der Waals surface area contributed by atoms with E-state index in [4.69, 9.17) is 0 Å². The lowest BCUT2D eigenvalue weighted by atomic mass is 10.3. The van der Waals surface area contributed by atoms with E-state index in [1.165, 1.54) is 13.0 Å². The molecular weight excluding hydrogens is 190 g/mol. The van der Waals surface area contributed by atoms with Crippen molar-refractivity contribution in [3.8, 4) is 0 Å². The van der Waals surface area contributed by atoms with E-state index in [1.807, 2.05) is 0 Å². The third-order valence-corrected chi connectivity index (χ3v) is 1.96. The molecule has 0 aliphatic rings. The highest BCUT2D eigenvalue weighted by atomic mass is 19.2. The summed E-state index contributed by atoms with van der Waals surface area (Å²) in [5.74, 6) is -1.71. The molecule has 2 N–H and O–H groups in total. The highest BCUT2D eigenvalue weighted by Gasteiger charge is 2.13. The molecule has 1 unspecified atom stereocenters. The van der Waals surface area contributed by atoms with Crippen molar-refractivity contribution < 1.29 is 13.9 Å². The highest BCUT2D eigenvalue weighted by molar-refractivity contribution is 5.75. The van der Waals surface area contributed by atoms with Gasteiger partial charge in [0.2, 0.25) is 0 Å². The Kier molecular flexibility index (Phi) is 1.96. The molecule has 0 aliphatic heterocycles. The zero-order chi connectivity index (χ0) is 10.3. The number of halogens is 2. The van der Waals surface area contributed by atoms with Crippen LogP contribution in [0.2, 0.25) is 0 Å². The molecule has 0 saturated heterocycles. The summed E-state index contributed by atoms with van der Waals surface area (Å²) >= 11 is 0. The molecule has 0 saturated carbocycles. The first kappa shape index (κ1) is 9.08. The third-order valence-electron chi connectivity index (χ3n) is 1.96. The Labute approximate surface area is 78.4 Å². The first-order valence-corrected chi connectivity index (χ1v) is 4.11. The SMILES string of the molecule is CC(O)c1nc2c(F)c(F)ccc2[nH]1. The van der Waals surface area contributed by atoms with Gasteiger partial charge >= 0.3 is 0 Å². The molecule has 3 nitrogen and oxygen atoms in total. The predicted octanol–water partition coefficient (Wildman–Crippen LogP) is 1.89. The van der Waals surface area contributed by atoms with Gasteiger partial charge in [0.1, 0.15) is 17.4 Å². The fraction of sp³-hybridized carbons (Fsp3) is 0.222. The van der Waals surface area contributed by atoms with Crippen LogP contribution < -0.4 is 0 Å². The number of imidazole rings is 1. The maximum atomic E-state index is 13.1. The minimum Gasteiger partial charge on any atom is -0.385 e. The number of aliphatic hydroxyl groups is 1. The molecule has 2 aromatic rings. The van der Waals surface area contributed by atoms with Crippen molar-refractivity contribution in [3.63, 3.8) is 0 Å². The van der Waals surface area contributed by atoms with Crippen molar-refractivity contribution in [3.05, 3.63) is 29.6 Å². The fourth-order valence-electron chi connectivity index (χ4n) is 1.23. The minimum atomic E-state index is -0.995. The Morgan fingerprint density at radius 3 is 2.79 bits per heavy atom. The van der Waals surface area contributed by atoms with E-state index in [9.17, 15) is 13.9 Å². The Morgan fingerprint density at radius 2 is 2.14 bits per heavy atom.